The number of halogens is 2. The Labute approximate surface area is 130 Å². The summed E-state index contributed by atoms with van der Waals surface area (Å²) < 4.78 is 0. The van der Waals surface area contributed by atoms with Gasteiger partial charge >= 0.3 is 0 Å². The van der Waals surface area contributed by atoms with Crippen molar-refractivity contribution < 1.29 is 4.79 Å². The molecule has 2 rings (SSSR count). The van der Waals surface area contributed by atoms with Crippen molar-refractivity contribution >= 4 is 29.1 Å². The van der Waals surface area contributed by atoms with Crippen LogP contribution in [0, 0.1) is 11.8 Å². The van der Waals surface area contributed by atoms with Crippen LogP contribution in [0.5, 0.6) is 0 Å². The van der Waals surface area contributed by atoms with Gasteiger partial charge in [-0.25, -0.2) is 0 Å². The van der Waals surface area contributed by atoms with Crippen molar-refractivity contribution in [3.8, 4) is 0 Å². The Morgan fingerprint density at radius 2 is 2.10 bits per heavy atom. The Morgan fingerprint density at radius 1 is 1.40 bits per heavy atom. The average Bonchev–Trinajstić information content (AvgIpc) is 2.30. The summed E-state index contributed by atoms with van der Waals surface area (Å²) in [5, 5.41) is 7.53. The summed E-state index contributed by atoms with van der Waals surface area (Å²) in [4.78, 5) is 12.1. The molecule has 0 aliphatic carbocycles. The number of amides is 1. The molecular formula is C15H20Cl2N2O. The third-order valence-electron chi connectivity index (χ3n) is 3.86. The third-order valence-corrected chi connectivity index (χ3v) is 4.45. The number of benzene rings is 1. The van der Waals surface area contributed by atoms with Crippen LogP contribution in [0.2, 0.25) is 10.0 Å². The molecule has 1 aliphatic rings. The first-order valence-corrected chi connectivity index (χ1v) is 7.68. The van der Waals surface area contributed by atoms with E-state index in [1.807, 2.05) is 26.0 Å². The van der Waals surface area contributed by atoms with Gasteiger partial charge in [0.05, 0.1) is 0 Å². The first-order valence-electron chi connectivity index (χ1n) is 6.92. The molecule has 2 N–H and O–H groups in total. The first kappa shape index (κ1) is 15.6. The zero-order valence-electron chi connectivity index (χ0n) is 11.7. The number of nitrogens with one attached hydrogen (secondary N) is 2. The Bertz CT molecular complexity index is 489. The highest BCUT2D eigenvalue weighted by Crippen LogP contribution is 2.22. The van der Waals surface area contributed by atoms with Crippen LogP contribution in [0.4, 0.5) is 0 Å². The highest BCUT2D eigenvalue weighted by molar-refractivity contribution is 6.35. The Balaban J connectivity index is 1.88. The molecule has 1 fully saturated rings. The largest absolute Gasteiger partial charge is 0.353 e. The molecule has 1 aromatic carbocycles. The van der Waals surface area contributed by atoms with Crippen LogP contribution in [-0.2, 0) is 11.2 Å². The van der Waals surface area contributed by atoms with Crippen LogP contribution in [0.1, 0.15) is 19.4 Å². The van der Waals surface area contributed by atoms with Crippen molar-refractivity contribution in [1.29, 1.82) is 0 Å². The molecule has 20 heavy (non-hydrogen) atoms. The molecule has 0 bridgehead atoms. The highest BCUT2D eigenvalue weighted by atomic mass is 35.5. The van der Waals surface area contributed by atoms with Gasteiger partial charge in [0.1, 0.15) is 0 Å². The Hall–Kier alpha value is -0.770. The standard InChI is InChI=1S/C15H20Cl2N2O/c1-9(5-11-3-4-13(16)6-14(11)17)19-15(20)10(2)12-7-18-8-12/h3-4,6,9-10,12,18H,5,7-8H2,1-2H3,(H,19,20). The van der Waals surface area contributed by atoms with Crippen LogP contribution in [0.15, 0.2) is 18.2 Å². The van der Waals surface area contributed by atoms with Crippen molar-refractivity contribution in [2.75, 3.05) is 13.1 Å². The molecule has 0 aromatic heterocycles. The van der Waals surface area contributed by atoms with Gasteiger partial charge in [-0.05, 0) is 50.0 Å². The topological polar surface area (TPSA) is 41.1 Å². The van der Waals surface area contributed by atoms with Crippen LogP contribution in [-0.4, -0.2) is 25.0 Å². The molecule has 1 amide bonds. The van der Waals surface area contributed by atoms with Gasteiger partial charge in [-0.1, -0.05) is 36.2 Å². The summed E-state index contributed by atoms with van der Waals surface area (Å²) in [6, 6.07) is 5.51. The van der Waals surface area contributed by atoms with E-state index in [4.69, 9.17) is 23.2 Å². The van der Waals surface area contributed by atoms with E-state index in [0.717, 1.165) is 18.7 Å². The lowest BCUT2D eigenvalue weighted by atomic mass is 9.88. The number of hydrogen-bond acceptors (Lipinski definition) is 2. The van der Waals surface area contributed by atoms with E-state index in [9.17, 15) is 4.79 Å². The lowest BCUT2D eigenvalue weighted by molar-refractivity contribution is -0.127. The van der Waals surface area contributed by atoms with Gasteiger partial charge in [0.2, 0.25) is 5.91 Å². The second-order valence-electron chi connectivity index (χ2n) is 5.56. The molecule has 0 radical (unpaired) electrons. The van der Waals surface area contributed by atoms with Gasteiger partial charge in [0, 0.05) is 22.0 Å². The minimum Gasteiger partial charge on any atom is -0.353 e. The zero-order valence-corrected chi connectivity index (χ0v) is 13.3. The highest BCUT2D eigenvalue weighted by Gasteiger charge is 2.29. The lowest BCUT2D eigenvalue weighted by Crippen LogP contribution is -2.50. The predicted octanol–water partition coefficient (Wildman–Crippen LogP) is 2.90. The number of hydrogen-bond donors (Lipinski definition) is 2. The van der Waals surface area contributed by atoms with E-state index in [2.05, 4.69) is 10.6 Å². The van der Waals surface area contributed by atoms with E-state index in [1.165, 1.54) is 0 Å². The fourth-order valence-electron chi connectivity index (χ4n) is 2.32. The molecule has 0 spiro atoms. The van der Waals surface area contributed by atoms with Crippen LogP contribution >= 0.6 is 23.2 Å². The summed E-state index contributed by atoms with van der Waals surface area (Å²) in [7, 11) is 0. The van der Waals surface area contributed by atoms with Crippen molar-refractivity contribution in [3.63, 3.8) is 0 Å². The summed E-state index contributed by atoms with van der Waals surface area (Å²) >= 11 is 12.0. The summed E-state index contributed by atoms with van der Waals surface area (Å²) in [5.74, 6) is 0.634. The number of carbonyl (C=O) groups excluding carboxylic acids is 1. The molecule has 0 saturated carbocycles. The molecule has 1 aliphatic heterocycles. The average molecular weight is 315 g/mol. The van der Waals surface area contributed by atoms with E-state index in [0.29, 0.717) is 22.4 Å². The summed E-state index contributed by atoms with van der Waals surface area (Å²) in [5.41, 5.74) is 1.00. The molecule has 3 nitrogen and oxygen atoms in total. The van der Waals surface area contributed by atoms with E-state index < -0.39 is 0 Å². The molecular weight excluding hydrogens is 295 g/mol. The lowest BCUT2D eigenvalue weighted by Gasteiger charge is -2.32. The van der Waals surface area contributed by atoms with Gasteiger partial charge in [-0.2, -0.15) is 0 Å². The minimum absolute atomic E-state index is 0.0525. The van der Waals surface area contributed by atoms with Gasteiger partial charge < -0.3 is 10.6 Å². The van der Waals surface area contributed by atoms with Crippen molar-refractivity contribution in [2.45, 2.75) is 26.3 Å². The second kappa shape index (κ2) is 6.79. The Kier molecular flexibility index (Phi) is 5.30. The quantitative estimate of drug-likeness (QED) is 0.877. The molecule has 1 saturated heterocycles. The number of rotatable bonds is 5. The zero-order chi connectivity index (χ0) is 14.7. The maximum Gasteiger partial charge on any atom is 0.223 e. The monoisotopic (exact) mass is 314 g/mol. The van der Waals surface area contributed by atoms with Gasteiger partial charge in [0.25, 0.3) is 0 Å². The summed E-state index contributed by atoms with van der Waals surface area (Å²) in [6.45, 7) is 5.86. The smallest absolute Gasteiger partial charge is 0.223 e. The molecule has 1 aromatic rings. The predicted molar refractivity (Wildman–Crippen MR) is 83.3 cm³/mol. The molecule has 1 heterocycles. The van der Waals surface area contributed by atoms with Gasteiger partial charge in [-0.3, -0.25) is 4.79 Å². The summed E-state index contributed by atoms with van der Waals surface area (Å²) in [6.07, 6.45) is 0.706. The van der Waals surface area contributed by atoms with Crippen LogP contribution in [0.25, 0.3) is 0 Å². The van der Waals surface area contributed by atoms with Crippen molar-refractivity contribution in [1.82, 2.24) is 10.6 Å². The van der Waals surface area contributed by atoms with Gasteiger partial charge in [-0.15, -0.1) is 0 Å². The first-order chi connectivity index (χ1) is 9.47. The minimum atomic E-state index is 0.0525. The Morgan fingerprint density at radius 3 is 2.65 bits per heavy atom. The fraction of sp³-hybridized carbons (Fsp3) is 0.533. The third kappa shape index (κ3) is 3.87. The van der Waals surface area contributed by atoms with E-state index in [-0.39, 0.29) is 17.9 Å². The maximum absolute atomic E-state index is 12.1. The molecule has 5 heteroatoms. The SMILES string of the molecule is CC(Cc1ccc(Cl)cc1Cl)NC(=O)C(C)C1CNC1. The normalized spacial score (nSPS) is 18.2. The molecule has 2 atom stereocenters. The van der Waals surface area contributed by atoms with E-state index >= 15 is 0 Å². The van der Waals surface area contributed by atoms with E-state index in [1.54, 1.807) is 6.07 Å². The molecule has 2 unspecified atom stereocenters. The molecule has 110 valence electrons. The van der Waals surface area contributed by atoms with Crippen LogP contribution < -0.4 is 10.6 Å². The van der Waals surface area contributed by atoms with Crippen LogP contribution in [0.3, 0.4) is 0 Å². The number of carbonyl (C=O) groups is 1. The van der Waals surface area contributed by atoms with Crippen molar-refractivity contribution in [2.24, 2.45) is 11.8 Å². The maximum atomic E-state index is 12.1. The fourth-order valence-corrected chi connectivity index (χ4v) is 2.81. The van der Waals surface area contributed by atoms with Gasteiger partial charge in [0.15, 0.2) is 0 Å². The van der Waals surface area contributed by atoms with Crippen molar-refractivity contribution in [3.05, 3.63) is 33.8 Å². The second-order valence-corrected chi connectivity index (χ2v) is 6.40.